The SMILES string of the molecule is COCCN(C)S(=O)(=O)c1cc(Cl)cc(CN)c1C. The third-order valence-corrected chi connectivity index (χ3v) is 5.15. The highest BCUT2D eigenvalue weighted by molar-refractivity contribution is 7.89. The van der Waals surface area contributed by atoms with Gasteiger partial charge in [-0.15, -0.1) is 0 Å². The Hall–Kier alpha value is -0.660. The van der Waals surface area contributed by atoms with Crippen molar-refractivity contribution in [3.05, 3.63) is 28.3 Å². The predicted molar refractivity (Wildman–Crippen MR) is 75.8 cm³/mol. The first-order valence-electron chi connectivity index (χ1n) is 5.79. The van der Waals surface area contributed by atoms with E-state index in [1.807, 2.05) is 0 Å². The van der Waals surface area contributed by atoms with Crippen LogP contribution in [0.4, 0.5) is 0 Å². The lowest BCUT2D eigenvalue weighted by molar-refractivity contribution is 0.185. The van der Waals surface area contributed by atoms with Crippen LogP contribution in [0.1, 0.15) is 11.1 Å². The quantitative estimate of drug-likeness (QED) is 0.861. The highest BCUT2D eigenvalue weighted by Gasteiger charge is 2.24. The molecule has 0 bridgehead atoms. The number of benzene rings is 1. The molecule has 1 aromatic rings. The van der Waals surface area contributed by atoms with Gasteiger partial charge in [0.15, 0.2) is 0 Å². The first-order valence-corrected chi connectivity index (χ1v) is 7.60. The maximum absolute atomic E-state index is 12.5. The third kappa shape index (κ3) is 3.67. The Balaban J connectivity index is 3.25. The van der Waals surface area contributed by atoms with E-state index in [1.54, 1.807) is 13.0 Å². The van der Waals surface area contributed by atoms with Gasteiger partial charge < -0.3 is 10.5 Å². The maximum atomic E-state index is 12.5. The van der Waals surface area contributed by atoms with Crippen molar-refractivity contribution in [3.8, 4) is 0 Å². The van der Waals surface area contributed by atoms with Gasteiger partial charge in [-0.1, -0.05) is 11.6 Å². The molecule has 5 nitrogen and oxygen atoms in total. The summed E-state index contributed by atoms with van der Waals surface area (Å²) >= 11 is 5.95. The molecule has 0 aliphatic heterocycles. The number of halogens is 1. The predicted octanol–water partition coefficient (Wildman–Crippen LogP) is 1.37. The number of rotatable bonds is 6. The van der Waals surface area contributed by atoms with Crippen molar-refractivity contribution < 1.29 is 13.2 Å². The highest BCUT2D eigenvalue weighted by Crippen LogP contribution is 2.26. The van der Waals surface area contributed by atoms with E-state index in [0.29, 0.717) is 17.2 Å². The molecule has 7 heteroatoms. The minimum absolute atomic E-state index is 0.194. The van der Waals surface area contributed by atoms with Gasteiger partial charge in [0.25, 0.3) is 0 Å². The van der Waals surface area contributed by atoms with Crippen LogP contribution in [0.2, 0.25) is 5.02 Å². The number of ether oxygens (including phenoxy) is 1. The number of nitrogens with two attached hydrogens (primary N) is 1. The summed E-state index contributed by atoms with van der Waals surface area (Å²) < 4.78 is 31.0. The first kappa shape index (κ1) is 16.4. The summed E-state index contributed by atoms with van der Waals surface area (Å²) in [6, 6.07) is 3.14. The fraction of sp³-hybridized carbons (Fsp3) is 0.500. The van der Waals surface area contributed by atoms with E-state index >= 15 is 0 Å². The smallest absolute Gasteiger partial charge is 0.243 e. The van der Waals surface area contributed by atoms with Gasteiger partial charge in [0, 0.05) is 32.3 Å². The van der Waals surface area contributed by atoms with Crippen molar-refractivity contribution in [1.82, 2.24) is 4.31 Å². The number of hydrogen-bond acceptors (Lipinski definition) is 4. The fourth-order valence-electron chi connectivity index (χ4n) is 1.70. The molecule has 0 amide bonds. The van der Waals surface area contributed by atoms with E-state index in [0.717, 1.165) is 5.56 Å². The zero-order valence-corrected chi connectivity index (χ0v) is 12.9. The van der Waals surface area contributed by atoms with Crippen LogP contribution in [0.3, 0.4) is 0 Å². The van der Waals surface area contributed by atoms with Crippen LogP contribution in [0.5, 0.6) is 0 Å². The Morgan fingerprint density at radius 2 is 2.05 bits per heavy atom. The minimum Gasteiger partial charge on any atom is -0.383 e. The van der Waals surface area contributed by atoms with Crippen molar-refractivity contribution in [1.29, 1.82) is 0 Å². The van der Waals surface area contributed by atoms with Gasteiger partial charge in [0.1, 0.15) is 0 Å². The second-order valence-corrected chi connectivity index (χ2v) is 6.66. The molecule has 108 valence electrons. The Morgan fingerprint density at radius 1 is 1.42 bits per heavy atom. The second-order valence-electron chi connectivity index (χ2n) is 4.21. The molecule has 0 aliphatic rings. The largest absolute Gasteiger partial charge is 0.383 e. The van der Waals surface area contributed by atoms with Crippen LogP contribution >= 0.6 is 11.6 Å². The molecule has 19 heavy (non-hydrogen) atoms. The summed E-state index contributed by atoms with van der Waals surface area (Å²) in [4.78, 5) is 0.194. The lowest BCUT2D eigenvalue weighted by Crippen LogP contribution is -2.30. The molecule has 0 saturated carbocycles. The minimum atomic E-state index is -3.58. The molecule has 0 atom stereocenters. The molecule has 0 unspecified atom stereocenters. The van der Waals surface area contributed by atoms with Crippen molar-refractivity contribution in [3.63, 3.8) is 0 Å². The summed E-state index contributed by atoms with van der Waals surface area (Å²) in [5.74, 6) is 0. The van der Waals surface area contributed by atoms with Gasteiger partial charge in [0.05, 0.1) is 11.5 Å². The van der Waals surface area contributed by atoms with Crippen molar-refractivity contribution in [2.24, 2.45) is 5.73 Å². The van der Waals surface area contributed by atoms with E-state index in [2.05, 4.69) is 0 Å². The first-order chi connectivity index (χ1) is 8.84. The van der Waals surface area contributed by atoms with Crippen LogP contribution in [-0.2, 0) is 21.3 Å². The second kappa shape index (κ2) is 6.67. The van der Waals surface area contributed by atoms with Crippen LogP contribution in [0, 0.1) is 6.92 Å². The monoisotopic (exact) mass is 306 g/mol. The highest BCUT2D eigenvalue weighted by atomic mass is 35.5. The van der Waals surface area contributed by atoms with Gasteiger partial charge in [-0.2, -0.15) is 4.31 Å². The standard InChI is InChI=1S/C12H19ClN2O3S/c1-9-10(8-14)6-11(13)7-12(9)19(16,17)15(2)4-5-18-3/h6-7H,4-5,8,14H2,1-3H3. The lowest BCUT2D eigenvalue weighted by atomic mass is 10.1. The summed E-state index contributed by atoms with van der Waals surface area (Å²) in [5.41, 5.74) is 6.96. The zero-order valence-electron chi connectivity index (χ0n) is 11.3. The average Bonchev–Trinajstić information content (AvgIpc) is 2.37. The molecule has 0 aliphatic carbocycles. The average molecular weight is 307 g/mol. The van der Waals surface area contributed by atoms with Gasteiger partial charge in [-0.3, -0.25) is 0 Å². The zero-order chi connectivity index (χ0) is 14.6. The topological polar surface area (TPSA) is 72.6 Å². The molecule has 0 radical (unpaired) electrons. The Kier molecular flexibility index (Phi) is 5.76. The number of methoxy groups -OCH3 is 1. The van der Waals surface area contributed by atoms with E-state index in [-0.39, 0.29) is 18.0 Å². The molecular formula is C12H19ClN2O3S. The van der Waals surface area contributed by atoms with Gasteiger partial charge in [-0.25, -0.2) is 8.42 Å². The number of nitrogens with zero attached hydrogens (tertiary/aromatic N) is 1. The summed E-state index contributed by atoms with van der Waals surface area (Å²) in [5, 5.41) is 0.366. The van der Waals surface area contributed by atoms with Crippen molar-refractivity contribution in [2.45, 2.75) is 18.4 Å². The molecular weight excluding hydrogens is 288 g/mol. The Morgan fingerprint density at radius 3 is 2.58 bits per heavy atom. The molecule has 1 rings (SSSR count). The summed E-state index contributed by atoms with van der Waals surface area (Å²) in [7, 11) is -0.548. The normalized spacial score (nSPS) is 12.1. The molecule has 0 heterocycles. The molecule has 0 saturated heterocycles. The van der Waals surface area contributed by atoms with Crippen LogP contribution in [0.25, 0.3) is 0 Å². The lowest BCUT2D eigenvalue weighted by Gasteiger charge is -2.19. The van der Waals surface area contributed by atoms with E-state index in [1.165, 1.54) is 24.5 Å². The maximum Gasteiger partial charge on any atom is 0.243 e. The number of likely N-dealkylation sites (N-methyl/N-ethyl adjacent to an activating group) is 1. The van der Waals surface area contributed by atoms with E-state index in [9.17, 15) is 8.42 Å². The van der Waals surface area contributed by atoms with Crippen molar-refractivity contribution in [2.75, 3.05) is 27.3 Å². The summed E-state index contributed by atoms with van der Waals surface area (Å²) in [6.07, 6.45) is 0. The van der Waals surface area contributed by atoms with Crippen molar-refractivity contribution >= 4 is 21.6 Å². The van der Waals surface area contributed by atoms with Crippen LogP contribution in [0.15, 0.2) is 17.0 Å². The number of sulfonamides is 1. The molecule has 1 aromatic carbocycles. The molecule has 0 aromatic heterocycles. The Labute approximate surface area is 119 Å². The molecule has 2 N–H and O–H groups in total. The van der Waals surface area contributed by atoms with Crippen LogP contribution < -0.4 is 5.73 Å². The van der Waals surface area contributed by atoms with Gasteiger partial charge >= 0.3 is 0 Å². The third-order valence-electron chi connectivity index (χ3n) is 2.95. The van der Waals surface area contributed by atoms with Crippen LogP contribution in [-0.4, -0.2) is 40.0 Å². The molecule has 0 spiro atoms. The van der Waals surface area contributed by atoms with E-state index < -0.39 is 10.0 Å². The van der Waals surface area contributed by atoms with Gasteiger partial charge in [0.2, 0.25) is 10.0 Å². The summed E-state index contributed by atoms with van der Waals surface area (Å²) in [6.45, 7) is 2.59. The Bertz CT molecular complexity index is 546. The van der Waals surface area contributed by atoms with E-state index in [4.69, 9.17) is 22.1 Å². The fourth-order valence-corrected chi connectivity index (χ4v) is 3.45. The number of hydrogen-bond donors (Lipinski definition) is 1. The molecule has 0 fully saturated rings. The van der Waals surface area contributed by atoms with Gasteiger partial charge in [-0.05, 0) is 30.2 Å².